The monoisotopic (exact) mass is 258 g/mol. The minimum absolute atomic E-state index is 0.229. The number of nitrogens with zero attached hydrogens (tertiary/aromatic N) is 4. The lowest BCUT2D eigenvalue weighted by Crippen LogP contribution is -2.31. The van der Waals surface area contributed by atoms with Crippen LogP contribution in [-0.4, -0.2) is 44.2 Å². The van der Waals surface area contributed by atoms with Crippen molar-refractivity contribution in [3.8, 4) is 5.69 Å². The van der Waals surface area contributed by atoms with Crippen LogP contribution in [0.15, 0.2) is 36.5 Å². The third-order valence-corrected chi connectivity index (χ3v) is 3.60. The molecule has 0 aliphatic carbocycles. The maximum atomic E-state index is 9.31. The minimum atomic E-state index is 0.229. The number of aliphatic hydroxyl groups excluding tert-OH is 1. The molecule has 1 saturated heterocycles. The Morgan fingerprint density at radius 2 is 2.11 bits per heavy atom. The van der Waals surface area contributed by atoms with Crippen LogP contribution in [0, 0.1) is 0 Å². The summed E-state index contributed by atoms with van der Waals surface area (Å²) in [6.07, 6.45) is 4.03. The Bertz CT molecular complexity index is 525. The zero-order chi connectivity index (χ0) is 13.1. The van der Waals surface area contributed by atoms with Crippen molar-refractivity contribution in [3.05, 3.63) is 42.2 Å². The molecule has 1 aliphatic rings. The molecule has 0 amide bonds. The van der Waals surface area contributed by atoms with Crippen LogP contribution in [0.25, 0.3) is 5.69 Å². The van der Waals surface area contributed by atoms with Crippen molar-refractivity contribution >= 4 is 0 Å². The molecule has 19 heavy (non-hydrogen) atoms. The fourth-order valence-electron chi connectivity index (χ4n) is 2.57. The lowest BCUT2D eigenvalue weighted by atomic mass is 10.2. The van der Waals surface area contributed by atoms with E-state index >= 15 is 0 Å². The fraction of sp³-hybridized carbons (Fsp3) is 0.429. The van der Waals surface area contributed by atoms with Gasteiger partial charge in [-0.2, -0.15) is 15.0 Å². The molecule has 0 spiro atoms. The highest BCUT2D eigenvalue weighted by Crippen LogP contribution is 2.18. The minimum Gasteiger partial charge on any atom is -0.395 e. The maximum absolute atomic E-state index is 9.31. The van der Waals surface area contributed by atoms with E-state index in [1.165, 1.54) is 0 Å². The van der Waals surface area contributed by atoms with Crippen LogP contribution in [0.3, 0.4) is 0 Å². The van der Waals surface area contributed by atoms with Gasteiger partial charge in [-0.15, -0.1) is 0 Å². The molecule has 3 rings (SSSR count). The first kappa shape index (κ1) is 12.3. The summed E-state index contributed by atoms with van der Waals surface area (Å²) < 4.78 is 0. The number of hydrogen-bond acceptors (Lipinski definition) is 4. The molecule has 1 aromatic carbocycles. The SMILES string of the molecule is OC[C@H]1CCCN1Cc1cnn(-c2ccccc2)n1. The molecule has 1 N–H and O–H groups in total. The second-order valence-electron chi connectivity index (χ2n) is 4.91. The van der Waals surface area contributed by atoms with Crippen LogP contribution in [0.1, 0.15) is 18.5 Å². The molecule has 0 saturated carbocycles. The topological polar surface area (TPSA) is 54.2 Å². The quantitative estimate of drug-likeness (QED) is 0.896. The highest BCUT2D eigenvalue weighted by atomic mass is 16.3. The van der Waals surface area contributed by atoms with Crippen LogP contribution in [-0.2, 0) is 6.54 Å². The number of para-hydroxylation sites is 1. The Labute approximate surface area is 112 Å². The highest BCUT2D eigenvalue weighted by Gasteiger charge is 2.24. The van der Waals surface area contributed by atoms with Gasteiger partial charge in [0.05, 0.1) is 24.2 Å². The summed E-state index contributed by atoms with van der Waals surface area (Å²) in [5, 5.41) is 18.1. The van der Waals surface area contributed by atoms with Crippen LogP contribution in [0.4, 0.5) is 0 Å². The molecule has 1 atom stereocenters. The third kappa shape index (κ3) is 2.67. The summed E-state index contributed by atoms with van der Waals surface area (Å²) in [5.41, 5.74) is 1.91. The Morgan fingerprint density at radius 1 is 1.26 bits per heavy atom. The van der Waals surface area contributed by atoms with Gasteiger partial charge in [0.15, 0.2) is 0 Å². The summed E-state index contributed by atoms with van der Waals surface area (Å²) in [5.74, 6) is 0. The van der Waals surface area contributed by atoms with Crippen molar-refractivity contribution in [1.29, 1.82) is 0 Å². The van der Waals surface area contributed by atoms with E-state index in [1.54, 1.807) is 11.0 Å². The van der Waals surface area contributed by atoms with Gasteiger partial charge in [-0.05, 0) is 31.5 Å². The van der Waals surface area contributed by atoms with Gasteiger partial charge < -0.3 is 5.11 Å². The Hall–Kier alpha value is -1.72. The van der Waals surface area contributed by atoms with E-state index < -0.39 is 0 Å². The zero-order valence-corrected chi connectivity index (χ0v) is 10.8. The van der Waals surface area contributed by atoms with Crippen molar-refractivity contribution < 1.29 is 5.11 Å². The molecule has 2 aromatic rings. The summed E-state index contributed by atoms with van der Waals surface area (Å²) in [6.45, 7) is 2.02. The Kier molecular flexibility index (Phi) is 3.57. The summed E-state index contributed by atoms with van der Waals surface area (Å²) >= 11 is 0. The lowest BCUT2D eigenvalue weighted by molar-refractivity contribution is 0.152. The molecule has 100 valence electrons. The maximum Gasteiger partial charge on any atom is 0.0971 e. The highest BCUT2D eigenvalue weighted by molar-refractivity contribution is 5.28. The first-order valence-electron chi connectivity index (χ1n) is 6.68. The van der Waals surface area contributed by atoms with Crippen molar-refractivity contribution in [1.82, 2.24) is 19.9 Å². The van der Waals surface area contributed by atoms with Gasteiger partial charge in [0.2, 0.25) is 0 Å². The van der Waals surface area contributed by atoms with Gasteiger partial charge >= 0.3 is 0 Å². The molecule has 0 radical (unpaired) electrons. The Balaban J connectivity index is 1.72. The largest absolute Gasteiger partial charge is 0.395 e. The second-order valence-corrected chi connectivity index (χ2v) is 4.91. The molecule has 1 aliphatic heterocycles. The van der Waals surface area contributed by atoms with E-state index in [1.807, 2.05) is 30.3 Å². The molecule has 0 bridgehead atoms. The number of aliphatic hydroxyl groups is 1. The molecule has 1 aromatic heterocycles. The van der Waals surface area contributed by atoms with Crippen LogP contribution in [0.5, 0.6) is 0 Å². The number of aromatic nitrogens is 3. The molecule has 0 unspecified atom stereocenters. The van der Waals surface area contributed by atoms with E-state index in [0.29, 0.717) is 0 Å². The molecule has 5 heteroatoms. The standard InChI is InChI=1S/C14H18N4O/c19-11-14-7-4-8-17(14)10-12-9-15-18(16-12)13-5-2-1-3-6-13/h1-3,5-6,9,14,19H,4,7-8,10-11H2/t14-/m1/s1. The number of hydrogen-bond donors (Lipinski definition) is 1. The van der Waals surface area contributed by atoms with Crippen molar-refractivity contribution in [3.63, 3.8) is 0 Å². The van der Waals surface area contributed by atoms with Gasteiger partial charge in [0, 0.05) is 12.6 Å². The Morgan fingerprint density at radius 3 is 2.89 bits per heavy atom. The first-order valence-corrected chi connectivity index (χ1v) is 6.68. The van der Waals surface area contributed by atoms with Gasteiger partial charge in [0.1, 0.15) is 0 Å². The predicted octanol–water partition coefficient (Wildman–Crippen LogP) is 1.22. The van der Waals surface area contributed by atoms with Gasteiger partial charge in [-0.25, -0.2) is 0 Å². The third-order valence-electron chi connectivity index (χ3n) is 3.60. The molecule has 1 fully saturated rings. The van der Waals surface area contributed by atoms with Crippen LogP contribution in [0.2, 0.25) is 0 Å². The molecular weight excluding hydrogens is 240 g/mol. The van der Waals surface area contributed by atoms with E-state index in [2.05, 4.69) is 15.1 Å². The average molecular weight is 258 g/mol. The van der Waals surface area contributed by atoms with E-state index in [4.69, 9.17) is 0 Å². The summed E-state index contributed by atoms with van der Waals surface area (Å²) in [4.78, 5) is 3.93. The smallest absolute Gasteiger partial charge is 0.0971 e. The summed E-state index contributed by atoms with van der Waals surface area (Å²) in [7, 11) is 0. The van der Waals surface area contributed by atoms with E-state index in [9.17, 15) is 5.11 Å². The van der Waals surface area contributed by atoms with Crippen molar-refractivity contribution in [2.75, 3.05) is 13.2 Å². The average Bonchev–Trinajstić information content (AvgIpc) is 3.09. The molecular formula is C14H18N4O. The fourth-order valence-corrected chi connectivity index (χ4v) is 2.57. The number of rotatable bonds is 4. The second kappa shape index (κ2) is 5.50. The van der Waals surface area contributed by atoms with Gasteiger partial charge in [-0.3, -0.25) is 4.90 Å². The first-order chi connectivity index (χ1) is 9.36. The lowest BCUT2D eigenvalue weighted by Gasteiger charge is -2.20. The molecule has 2 heterocycles. The van der Waals surface area contributed by atoms with Crippen LogP contribution < -0.4 is 0 Å². The predicted molar refractivity (Wildman–Crippen MR) is 71.9 cm³/mol. The molecule has 5 nitrogen and oxygen atoms in total. The number of likely N-dealkylation sites (tertiary alicyclic amines) is 1. The van der Waals surface area contributed by atoms with E-state index in [-0.39, 0.29) is 12.6 Å². The van der Waals surface area contributed by atoms with Crippen LogP contribution >= 0.6 is 0 Å². The van der Waals surface area contributed by atoms with Gasteiger partial charge in [-0.1, -0.05) is 18.2 Å². The van der Waals surface area contributed by atoms with Crippen molar-refractivity contribution in [2.45, 2.75) is 25.4 Å². The zero-order valence-electron chi connectivity index (χ0n) is 10.8. The number of benzene rings is 1. The van der Waals surface area contributed by atoms with Gasteiger partial charge in [0.25, 0.3) is 0 Å². The normalized spacial score (nSPS) is 19.9. The summed E-state index contributed by atoms with van der Waals surface area (Å²) in [6, 6.07) is 10.2. The van der Waals surface area contributed by atoms with Crippen molar-refractivity contribution in [2.24, 2.45) is 0 Å². The van der Waals surface area contributed by atoms with E-state index in [0.717, 1.165) is 37.3 Å².